The topological polar surface area (TPSA) is 56.6 Å². The summed E-state index contributed by atoms with van der Waals surface area (Å²) in [5.41, 5.74) is 7.47. The van der Waals surface area contributed by atoms with Crippen LogP contribution in [0, 0.1) is 0 Å². The van der Waals surface area contributed by atoms with E-state index in [9.17, 15) is 4.79 Å². The van der Waals surface area contributed by atoms with E-state index in [-0.39, 0.29) is 11.7 Å². The van der Waals surface area contributed by atoms with Crippen molar-refractivity contribution in [2.24, 2.45) is 4.99 Å². The van der Waals surface area contributed by atoms with Gasteiger partial charge >= 0.3 is 5.69 Å². The maximum atomic E-state index is 12.6. The lowest BCUT2D eigenvalue weighted by Crippen LogP contribution is -2.36. The summed E-state index contributed by atoms with van der Waals surface area (Å²) in [5.74, 6) is 0.942. The molecular weight excluding hydrogens is 518 g/mol. The lowest BCUT2D eigenvalue weighted by atomic mass is 10.0. The third-order valence-electron chi connectivity index (χ3n) is 8.08. The standard InChI is InChI=1S/C33H30ClN5O/c34-26-14-15-29-25(20-26)22-38(27-6-2-1-3-7-27)32(35-29)24-12-10-23(11-13-24)21-37-18-16-28(17-19-37)39-31-9-5-4-8-30(31)36-33(39)40/h1-15,20,28H,16-19,21-22H2,(H,36,40). The second kappa shape index (κ2) is 10.5. The molecule has 7 heteroatoms. The van der Waals surface area contributed by atoms with E-state index in [0.29, 0.717) is 0 Å². The predicted octanol–water partition coefficient (Wildman–Crippen LogP) is 6.92. The minimum Gasteiger partial charge on any atom is -0.321 e. The van der Waals surface area contributed by atoms with E-state index in [1.807, 2.05) is 53.1 Å². The highest BCUT2D eigenvalue weighted by atomic mass is 35.5. The Morgan fingerprint density at radius 1 is 0.875 bits per heavy atom. The van der Waals surface area contributed by atoms with Crippen molar-refractivity contribution >= 4 is 39.8 Å². The Bertz CT molecular complexity index is 1750. The molecule has 40 heavy (non-hydrogen) atoms. The molecule has 6 nitrogen and oxygen atoms in total. The van der Waals surface area contributed by atoms with Crippen molar-refractivity contribution < 1.29 is 0 Å². The van der Waals surface area contributed by atoms with Crippen molar-refractivity contribution in [3.63, 3.8) is 0 Å². The average Bonchev–Trinajstić information content (AvgIpc) is 3.33. The molecule has 0 bridgehead atoms. The van der Waals surface area contributed by atoms with Gasteiger partial charge in [-0.3, -0.25) is 9.47 Å². The van der Waals surface area contributed by atoms with Crippen LogP contribution in [0.15, 0.2) is 107 Å². The molecule has 1 fully saturated rings. The first-order valence-corrected chi connectivity index (χ1v) is 14.2. The van der Waals surface area contributed by atoms with Gasteiger partial charge in [0.1, 0.15) is 5.84 Å². The first-order valence-electron chi connectivity index (χ1n) is 13.8. The van der Waals surface area contributed by atoms with Crippen LogP contribution < -0.4 is 10.6 Å². The molecule has 200 valence electrons. The number of halogens is 1. The van der Waals surface area contributed by atoms with Gasteiger partial charge in [-0.2, -0.15) is 0 Å². The van der Waals surface area contributed by atoms with Crippen LogP contribution in [0.4, 0.5) is 11.4 Å². The van der Waals surface area contributed by atoms with Crippen molar-refractivity contribution in [1.82, 2.24) is 14.5 Å². The summed E-state index contributed by atoms with van der Waals surface area (Å²) in [7, 11) is 0. The molecular formula is C33H30ClN5O. The van der Waals surface area contributed by atoms with Crippen LogP contribution in [-0.4, -0.2) is 33.4 Å². The number of amidine groups is 1. The van der Waals surface area contributed by atoms with E-state index in [4.69, 9.17) is 16.6 Å². The number of aromatic amines is 1. The Morgan fingerprint density at radius 2 is 1.62 bits per heavy atom. The minimum absolute atomic E-state index is 0.00358. The van der Waals surface area contributed by atoms with Gasteiger partial charge in [-0.05, 0) is 66.4 Å². The van der Waals surface area contributed by atoms with Gasteiger partial charge in [-0.15, -0.1) is 0 Å². The summed E-state index contributed by atoms with van der Waals surface area (Å²) in [6.45, 7) is 3.54. The zero-order valence-electron chi connectivity index (χ0n) is 22.1. The lowest BCUT2D eigenvalue weighted by Gasteiger charge is -2.33. The van der Waals surface area contributed by atoms with Crippen molar-refractivity contribution in [2.45, 2.75) is 32.0 Å². The molecule has 1 aromatic heterocycles. The van der Waals surface area contributed by atoms with Crippen LogP contribution >= 0.6 is 11.6 Å². The Hall–Kier alpha value is -4.13. The molecule has 3 heterocycles. The van der Waals surface area contributed by atoms with E-state index < -0.39 is 0 Å². The summed E-state index contributed by atoms with van der Waals surface area (Å²) in [4.78, 5) is 25.5. The van der Waals surface area contributed by atoms with Gasteiger partial charge in [0.2, 0.25) is 0 Å². The number of para-hydroxylation sites is 3. The Kier molecular flexibility index (Phi) is 6.50. The smallest absolute Gasteiger partial charge is 0.321 e. The Balaban J connectivity index is 1.07. The number of nitrogens with one attached hydrogen (secondary N) is 1. The highest BCUT2D eigenvalue weighted by molar-refractivity contribution is 6.30. The van der Waals surface area contributed by atoms with Crippen LogP contribution in [0.25, 0.3) is 11.0 Å². The molecule has 5 aromatic rings. The number of piperidine rings is 1. The van der Waals surface area contributed by atoms with E-state index in [0.717, 1.165) is 83.4 Å². The molecule has 2 aliphatic heterocycles. The van der Waals surface area contributed by atoms with Crippen LogP contribution in [0.3, 0.4) is 0 Å². The molecule has 1 saturated heterocycles. The number of aromatic nitrogens is 2. The summed E-state index contributed by atoms with van der Waals surface area (Å²) < 4.78 is 1.96. The Morgan fingerprint density at radius 3 is 2.42 bits per heavy atom. The summed E-state index contributed by atoms with van der Waals surface area (Å²) in [5, 5.41) is 0.729. The third kappa shape index (κ3) is 4.74. The number of hydrogen-bond acceptors (Lipinski definition) is 4. The lowest BCUT2D eigenvalue weighted by molar-refractivity contribution is 0.180. The van der Waals surface area contributed by atoms with E-state index in [1.54, 1.807) is 0 Å². The quantitative estimate of drug-likeness (QED) is 0.260. The third-order valence-corrected chi connectivity index (χ3v) is 8.32. The van der Waals surface area contributed by atoms with Crippen LogP contribution in [-0.2, 0) is 13.1 Å². The molecule has 7 rings (SSSR count). The minimum atomic E-state index is -0.00358. The summed E-state index contributed by atoms with van der Waals surface area (Å²) >= 11 is 6.30. The molecule has 1 N–H and O–H groups in total. The Labute approximate surface area is 238 Å². The number of nitrogens with zero attached hydrogens (tertiary/aromatic N) is 4. The first-order chi connectivity index (χ1) is 19.6. The number of H-pyrrole nitrogens is 1. The van der Waals surface area contributed by atoms with Crippen LogP contribution in [0.1, 0.15) is 35.6 Å². The van der Waals surface area contributed by atoms with Crippen LogP contribution in [0.5, 0.6) is 0 Å². The van der Waals surface area contributed by atoms with Gasteiger partial charge in [0, 0.05) is 41.9 Å². The van der Waals surface area contributed by atoms with Crippen molar-refractivity contribution in [3.8, 4) is 0 Å². The van der Waals surface area contributed by atoms with Gasteiger partial charge < -0.3 is 9.88 Å². The van der Waals surface area contributed by atoms with Crippen molar-refractivity contribution in [2.75, 3.05) is 18.0 Å². The van der Waals surface area contributed by atoms with Crippen molar-refractivity contribution in [1.29, 1.82) is 0 Å². The molecule has 2 aliphatic rings. The van der Waals surface area contributed by atoms with Gasteiger partial charge in [0.15, 0.2) is 0 Å². The maximum Gasteiger partial charge on any atom is 0.326 e. The largest absolute Gasteiger partial charge is 0.326 e. The van der Waals surface area contributed by atoms with Gasteiger partial charge in [0.25, 0.3) is 0 Å². The number of fused-ring (bicyclic) bond motifs is 2. The first kappa shape index (κ1) is 24.9. The molecule has 0 atom stereocenters. The summed E-state index contributed by atoms with van der Waals surface area (Å²) in [6.07, 6.45) is 1.93. The molecule has 0 radical (unpaired) electrons. The molecule has 0 spiro atoms. The van der Waals surface area contributed by atoms with E-state index >= 15 is 0 Å². The number of likely N-dealkylation sites (tertiary alicyclic amines) is 1. The molecule has 4 aromatic carbocycles. The van der Waals surface area contributed by atoms with Crippen LogP contribution in [0.2, 0.25) is 5.02 Å². The maximum absolute atomic E-state index is 12.6. The SMILES string of the molecule is O=c1[nH]c2ccccc2n1C1CCN(Cc2ccc(C3=Nc4ccc(Cl)cc4CN3c3ccccc3)cc2)CC1. The number of anilines is 1. The van der Waals surface area contributed by atoms with Crippen molar-refractivity contribution in [3.05, 3.63) is 129 Å². The van der Waals surface area contributed by atoms with E-state index in [2.05, 4.69) is 63.3 Å². The predicted molar refractivity (Wildman–Crippen MR) is 163 cm³/mol. The monoisotopic (exact) mass is 547 g/mol. The second-order valence-electron chi connectivity index (χ2n) is 10.7. The molecule has 0 saturated carbocycles. The number of imidazole rings is 1. The zero-order chi connectivity index (χ0) is 27.1. The van der Waals surface area contributed by atoms with Gasteiger partial charge in [-0.1, -0.05) is 66.2 Å². The fourth-order valence-electron chi connectivity index (χ4n) is 6.04. The average molecular weight is 548 g/mol. The molecule has 0 unspecified atom stereocenters. The number of hydrogen-bond donors (Lipinski definition) is 1. The molecule has 0 amide bonds. The van der Waals surface area contributed by atoms with Gasteiger partial charge in [-0.25, -0.2) is 9.79 Å². The highest BCUT2D eigenvalue weighted by Crippen LogP contribution is 2.33. The fourth-order valence-corrected chi connectivity index (χ4v) is 6.24. The molecule has 0 aliphatic carbocycles. The zero-order valence-corrected chi connectivity index (χ0v) is 22.9. The summed E-state index contributed by atoms with van der Waals surface area (Å²) in [6, 6.07) is 33.3. The van der Waals surface area contributed by atoms with Gasteiger partial charge in [0.05, 0.1) is 23.3 Å². The number of aliphatic imine (C=N–C) groups is 1. The van der Waals surface area contributed by atoms with E-state index in [1.165, 1.54) is 5.56 Å². The normalized spacial score (nSPS) is 16.2. The fraction of sp³-hybridized carbons (Fsp3) is 0.212. The number of rotatable bonds is 5. The number of benzene rings is 4. The second-order valence-corrected chi connectivity index (χ2v) is 11.1. The highest BCUT2D eigenvalue weighted by Gasteiger charge is 2.25.